The number of halogens is 1. The minimum atomic E-state index is -0.886. The Kier molecular flexibility index (Phi) is 5.12. The summed E-state index contributed by atoms with van der Waals surface area (Å²) in [4.78, 5) is 14.3. The molecule has 1 aliphatic rings. The van der Waals surface area contributed by atoms with Crippen LogP contribution in [0, 0.1) is 18.2 Å². The number of hydrogen-bond acceptors (Lipinski definition) is 6. The summed E-state index contributed by atoms with van der Waals surface area (Å²) in [7, 11) is 0. The van der Waals surface area contributed by atoms with E-state index in [2.05, 4.69) is 8.75 Å². The molecule has 2 aromatic rings. The molecule has 1 fully saturated rings. The Morgan fingerprint density at radius 2 is 2.12 bits per heavy atom. The normalized spacial score (nSPS) is 23.7. The van der Waals surface area contributed by atoms with Crippen molar-refractivity contribution in [1.82, 2.24) is 13.6 Å². The molecule has 25 heavy (non-hydrogen) atoms. The first-order valence-electron chi connectivity index (χ1n) is 8.07. The number of piperidine rings is 1. The number of aliphatic hydroxyl groups is 2. The van der Waals surface area contributed by atoms with Gasteiger partial charge in [-0.3, -0.25) is 4.79 Å². The number of aliphatic hydroxyl groups excluding tert-OH is 2. The predicted molar refractivity (Wildman–Crippen MR) is 90.8 cm³/mol. The summed E-state index contributed by atoms with van der Waals surface area (Å²) in [5.41, 5.74) is 0.808. The van der Waals surface area contributed by atoms with E-state index < -0.39 is 11.5 Å². The second kappa shape index (κ2) is 7.15. The molecule has 3 rings (SSSR count). The van der Waals surface area contributed by atoms with Gasteiger partial charge in [0.2, 0.25) is 0 Å². The van der Waals surface area contributed by atoms with E-state index in [1.54, 1.807) is 24.0 Å². The monoisotopic (exact) mass is 365 g/mol. The largest absolute Gasteiger partial charge is 0.396 e. The van der Waals surface area contributed by atoms with Crippen LogP contribution in [0.3, 0.4) is 0 Å². The van der Waals surface area contributed by atoms with Crippen LogP contribution in [0.1, 0.15) is 28.2 Å². The fourth-order valence-electron chi connectivity index (χ4n) is 3.29. The van der Waals surface area contributed by atoms with E-state index in [1.165, 1.54) is 12.1 Å². The van der Waals surface area contributed by atoms with Crippen molar-refractivity contribution in [1.29, 1.82) is 0 Å². The number of carbonyl (C=O) groups is 1. The summed E-state index contributed by atoms with van der Waals surface area (Å²) in [5.74, 6) is -0.579. The zero-order chi connectivity index (χ0) is 18.0. The number of amides is 1. The fraction of sp³-hybridized carbons (Fsp3) is 0.471. The maximum absolute atomic E-state index is 13.1. The van der Waals surface area contributed by atoms with E-state index in [-0.39, 0.29) is 24.9 Å². The van der Waals surface area contributed by atoms with Crippen LogP contribution >= 0.6 is 11.7 Å². The Morgan fingerprint density at radius 3 is 2.72 bits per heavy atom. The zero-order valence-electron chi connectivity index (χ0n) is 13.9. The van der Waals surface area contributed by atoms with Crippen molar-refractivity contribution >= 4 is 17.6 Å². The van der Waals surface area contributed by atoms with Crippen LogP contribution in [0.2, 0.25) is 0 Å². The second-order valence-electron chi connectivity index (χ2n) is 6.55. The van der Waals surface area contributed by atoms with E-state index in [4.69, 9.17) is 0 Å². The van der Waals surface area contributed by atoms with Gasteiger partial charge in [-0.05, 0) is 37.5 Å². The van der Waals surface area contributed by atoms with Gasteiger partial charge in [0.15, 0.2) is 5.69 Å². The Balaban J connectivity index is 1.83. The van der Waals surface area contributed by atoms with E-state index >= 15 is 0 Å². The quantitative estimate of drug-likeness (QED) is 0.856. The van der Waals surface area contributed by atoms with Crippen LogP contribution in [-0.4, -0.2) is 55.6 Å². The van der Waals surface area contributed by atoms with Crippen LogP contribution in [-0.2, 0) is 6.42 Å². The molecule has 1 saturated heterocycles. The lowest BCUT2D eigenvalue weighted by Crippen LogP contribution is -2.56. The van der Waals surface area contributed by atoms with Crippen LogP contribution < -0.4 is 0 Å². The van der Waals surface area contributed by atoms with Crippen LogP contribution in [0.15, 0.2) is 24.3 Å². The molecular weight excluding hydrogens is 345 g/mol. The zero-order valence-corrected chi connectivity index (χ0v) is 14.7. The second-order valence-corrected chi connectivity index (χ2v) is 7.08. The molecule has 6 nitrogen and oxygen atoms in total. The summed E-state index contributed by atoms with van der Waals surface area (Å²) in [5, 5.41) is 20.5. The Labute approximate surface area is 149 Å². The minimum Gasteiger partial charge on any atom is -0.396 e. The SMILES string of the molecule is Cc1nsnc1C(=O)N1CC[C@H](O)[C@@](CO)(Cc2ccc(F)cc2)C1. The van der Waals surface area contributed by atoms with Gasteiger partial charge < -0.3 is 15.1 Å². The van der Waals surface area contributed by atoms with Gasteiger partial charge >= 0.3 is 0 Å². The van der Waals surface area contributed by atoms with E-state index in [9.17, 15) is 19.4 Å². The maximum Gasteiger partial charge on any atom is 0.275 e. The lowest BCUT2D eigenvalue weighted by atomic mass is 9.73. The van der Waals surface area contributed by atoms with Gasteiger partial charge in [-0.2, -0.15) is 8.75 Å². The van der Waals surface area contributed by atoms with Gasteiger partial charge in [0, 0.05) is 18.5 Å². The molecule has 1 amide bonds. The number of aryl methyl sites for hydroxylation is 1. The van der Waals surface area contributed by atoms with Crippen LogP contribution in [0.5, 0.6) is 0 Å². The molecule has 1 aromatic heterocycles. The molecule has 1 aromatic carbocycles. The lowest BCUT2D eigenvalue weighted by Gasteiger charge is -2.45. The van der Waals surface area contributed by atoms with Crippen molar-refractivity contribution in [3.8, 4) is 0 Å². The summed E-state index contributed by atoms with van der Waals surface area (Å²) < 4.78 is 21.2. The first kappa shape index (κ1) is 17.9. The Hall–Kier alpha value is -1.90. The molecule has 0 saturated carbocycles. The highest BCUT2D eigenvalue weighted by molar-refractivity contribution is 6.99. The van der Waals surface area contributed by atoms with E-state index in [0.29, 0.717) is 30.8 Å². The number of rotatable bonds is 4. The van der Waals surface area contributed by atoms with E-state index in [1.807, 2.05) is 0 Å². The highest BCUT2D eigenvalue weighted by Crippen LogP contribution is 2.34. The number of carbonyl (C=O) groups excluding carboxylic acids is 1. The molecule has 2 heterocycles. The van der Waals surface area contributed by atoms with Crippen molar-refractivity contribution in [2.24, 2.45) is 5.41 Å². The molecule has 1 aliphatic heterocycles. The third kappa shape index (κ3) is 3.56. The third-order valence-corrected chi connectivity index (χ3v) is 5.43. The number of hydrogen-bond donors (Lipinski definition) is 2. The average molecular weight is 365 g/mol. The number of aromatic nitrogens is 2. The van der Waals surface area contributed by atoms with Crippen molar-refractivity contribution in [3.05, 3.63) is 47.0 Å². The minimum absolute atomic E-state index is 0.206. The fourth-order valence-corrected chi connectivity index (χ4v) is 3.83. The Bertz CT molecular complexity index is 752. The summed E-state index contributed by atoms with van der Waals surface area (Å²) in [6.45, 7) is 2.05. The molecular formula is C17H20FN3O3S. The van der Waals surface area contributed by atoms with Gasteiger partial charge in [0.25, 0.3) is 5.91 Å². The van der Waals surface area contributed by atoms with Crippen molar-refractivity contribution in [3.63, 3.8) is 0 Å². The molecule has 2 atom stereocenters. The summed E-state index contributed by atoms with van der Waals surface area (Å²) in [6.07, 6.45) is -0.0334. The lowest BCUT2D eigenvalue weighted by molar-refractivity contribution is -0.0669. The van der Waals surface area contributed by atoms with Crippen molar-refractivity contribution < 1.29 is 19.4 Å². The predicted octanol–water partition coefficient (Wildman–Crippen LogP) is 1.41. The smallest absolute Gasteiger partial charge is 0.275 e. The standard InChI is InChI=1S/C17H20FN3O3S/c1-11-15(20-25-19-11)16(24)21-7-6-14(23)17(9-21,10-22)8-12-2-4-13(18)5-3-12/h2-5,14,22-23H,6-10H2,1H3/t14-,17-/m0/s1. The maximum atomic E-state index is 13.1. The summed E-state index contributed by atoms with van der Waals surface area (Å²) >= 11 is 0.987. The van der Waals surface area contributed by atoms with Crippen LogP contribution in [0.4, 0.5) is 4.39 Å². The first-order chi connectivity index (χ1) is 11.9. The van der Waals surface area contributed by atoms with Gasteiger partial charge in [-0.25, -0.2) is 4.39 Å². The molecule has 2 N–H and O–H groups in total. The molecule has 8 heteroatoms. The number of nitrogens with zero attached hydrogens (tertiary/aromatic N) is 3. The van der Waals surface area contributed by atoms with Crippen molar-refractivity contribution in [2.75, 3.05) is 19.7 Å². The molecule has 0 bridgehead atoms. The van der Waals surface area contributed by atoms with Gasteiger partial charge in [0.1, 0.15) is 5.82 Å². The highest BCUT2D eigenvalue weighted by atomic mass is 32.1. The highest BCUT2D eigenvalue weighted by Gasteiger charge is 2.44. The third-order valence-electron chi connectivity index (χ3n) is 4.81. The number of likely N-dealkylation sites (tertiary alicyclic amines) is 1. The Morgan fingerprint density at radius 1 is 1.40 bits per heavy atom. The molecule has 0 radical (unpaired) electrons. The van der Waals surface area contributed by atoms with Crippen molar-refractivity contribution in [2.45, 2.75) is 25.9 Å². The molecule has 134 valence electrons. The van der Waals surface area contributed by atoms with E-state index in [0.717, 1.165) is 17.3 Å². The van der Waals surface area contributed by atoms with Gasteiger partial charge in [-0.1, -0.05) is 12.1 Å². The van der Waals surface area contributed by atoms with Gasteiger partial charge in [0.05, 0.1) is 30.1 Å². The molecule has 0 unspecified atom stereocenters. The van der Waals surface area contributed by atoms with Crippen LogP contribution in [0.25, 0.3) is 0 Å². The molecule has 0 aliphatic carbocycles. The topological polar surface area (TPSA) is 86.6 Å². The average Bonchev–Trinajstić information content (AvgIpc) is 3.04. The van der Waals surface area contributed by atoms with Gasteiger partial charge in [-0.15, -0.1) is 0 Å². The summed E-state index contributed by atoms with van der Waals surface area (Å²) in [6, 6.07) is 5.97. The molecule has 0 spiro atoms. The number of benzene rings is 1. The first-order valence-corrected chi connectivity index (χ1v) is 8.80.